The average Bonchev–Trinajstić information content (AvgIpc) is 2.54. The van der Waals surface area contributed by atoms with Crippen LogP contribution in [-0.2, 0) is 4.79 Å². The summed E-state index contributed by atoms with van der Waals surface area (Å²) in [5, 5.41) is 4.09. The number of hydrogen-bond acceptors (Lipinski definition) is 2. The standard InChI is InChI=1S/C19H34N2O/c1-2-3-4-5-6-7-8-9-13-16-19(22)21-20-17-18-14-11-10-12-15-18/h10-11,17-18H,2-9,12-16H2,1H3,(H,21,22). The quantitative estimate of drug-likeness (QED) is 0.224. The van der Waals surface area contributed by atoms with Gasteiger partial charge in [0.1, 0.15) is 0 Å². The molecule has 0 saturated heterocycles. The van der Waals surface area contributed by atoms with Gasteiger partial charge in [0, 0.05) is 12.6 Å². The first-order valence-electron chi connectivity index (χ1n) is 9.30. The lowest BCUT2D eigenvalue weighted by Gasteiger charge is -2.11. The molecule has 1 aliphatic rings. The Morgan fingerprint density at radius 1 is 1.09 bits per heavy atom. The highest BCUT2D eigenvalue weighted by Gasteiger charge is 2.06. The zero-order chi connectivity index (χ0) is 15.9. The minimum Gasteiger partial charge on any atom is -0.273 e. The number of nitrogens with one attached hydrogen (secondary N) is 1. The van der Waals surface area contributed by atoms with Crippen molar-refractivity contribution in [2.24, 2.45) is 11.0 Å². The smallest absolute Gasteiger partial charge is 0.240 e. The molecule has 0 aromatic heterocycles. The third-order valence-corrected chi connectivity index (χ3v) is 4.29. The first-order chi connectivity index (χ1) is 10.8. The Morgan fingerprint density at radius 2 is 1.77 bits per heavy atom. The minimum absolute atomic E-state index is 0.0607. The fourth-order valence-corrected chi connectivity index (χ4v) is 2.82. The van der Waals surface area contributed by atoms with Gasteiger partial charge in [0.2, 0.25) is 5.91 Å². The Bertz CT molecular complexity index is 336. The van der Waals surface area contributed by atoms with Gasteiger partial charge >= 0.3 is 0 Å². The highest BCUT2D eigenvalue weighted by Crippen LogP contribution is 2.15. The van der Waals surface area contributed by atoms with Crippen LogP contribution in [0.5, 0.6) is 0 Å². The van der Waals surface area contributed by atoms with Gasteiger partial charge in [-0.15, -0.1) is 0 Å². The van der Waals surface area contributed by atoms with Crippen molar-refractivity contribution >= 4 is 12.1 Å². The van der Waals surface area contributed by atoms with Gasteiger partial charge in [0.25, 0.3) is 0 Å². The number of unbranched alkanes of at least 4 members (excludes halogenated alkanes) is 8. The Balaban J connectivity index is 1.88. The monoisotopic (exact) mass is 306 g/mol. The van der Waals surface area contributed by atoms with Gasteiger partial charge in [-0.05, 0) is 31.6 Å². The third-order valence-electron chi connectivity index (χ3n) is 4.29. The van der Waals surface area contributed by atoms with Crippen LogP contribution in [0.2, 0.25) is 0 Å². The predicted molar refractivity (Wildman–Crippen MR) is 95.0 cm³/mol. The highest BCUT2D eigenvalue weighted by atomic mass is 16.2. The van der Waals surface area contributed by atoms with E-state index < -0.39 is 0 Å². The molecule has 0 aromatic carbocycles. The maximum Gasteiger partial charge on any atom is 0.240 e. The summed E-state index contributed by atoms with van der Waals surface area (Å²) >= 11 is 0. The van der Waals surface area contributed by atoms with Crippen LogP contribution in [0.4, 0.5) is 0 Å². The molecule has 0 fully saturated rings. The molecule has 1 unspecified atom stereocenters. The molecule has 3 heteroatoms. The zero-order valence-electron chi connectivity index (χ0n) is 14.4. The van der Waals surface area contributed by atoms with Crippen LogP contribution >= 0.6 is 0 Å². The fourth-order valence-electron chi connectivity index (χ4n) is 2.82. The summed E-state index contributed by atoms with van der Waals surface area (Å²) in [4.78, 5) is 11.7. The number of amides is 1. The van der Waals surface area contributed by atoms with Crippen LogP contribution in [0.25, 0.3) is 0 Å². The molecule has 3 nitrogen and oxygen atoms in total. The van der Waals surface area contributed by atoms with E-state index in [1.54, 1.807) is 0 Å². The maximum absolute atomic E-state index is 11.7. The number of nitrogens with zero attached hydrogens (tertiary/aromatic N) is 1. The van der Waals surface area contributed by atoms with E-state index in [9.17, 15) is 4.79 Å². The van der Waals surface area contributed by atoms with E-state index in [-0.39, 0.29) is 5.91 Å². The number of allylic oxidation sites excluding steroid dienone is 2. The molecule has 1 N–H and O–H groups in total. The molecule has 0 bridgehead atoms. The Hall–Kier alpha value is -1.12. The van der Waals surface area contributed by atoms with Gasteiger partial charge in [-0.3, -0.25) is 4.79 Å². The largest absolute Gasteiger partial charge is 0.273 e. The maximum atomic E-state index is 11.7. The van der Waals surface area contributed by atoms with Crippen molar-refractivity contribution < 1.29 is 4.79 Å². The normalized spacial score (nSPS) is 18.0. The summed E-state index contributed by atoms with van der Waals surface area (Å²) in [5.41, 5.74) is 2.66. The molecule has 1 atom stereocenters. The van der Waals surface area contributed by atoms with E-state index in [1.165, 1.54) is 51.4 Å². The molecular weight excluding hydrogens is 272 g/mol. The Kier molecular flexibility index (Phi) is 11.6. The molecule has 0 saturated carbocycles. The summed E-state index contributed by atoms with van der Waals surface area (Å²) in [6.07, 6.45) is 21.8. The number of carbonyl (C=O) groups is 1. The van der Waals surface area contributed by atoms with Crippen LogP contribution in [0.1, 0.15) is 90.4 Å². The Morgan fingerprint density at radius 3 is 2.41 bits per heavy atom. The van der Waals surface area contributed by atoms with Crippen molar-refractivity contribution in [3.63, 3.8) is 0 Å². The van der Waals surface area contributed by atoms with Gasteiger partial charge in [0.15, 0.2) is 0 Å². The van der Waals surface area contributed by atoms with Crippen LogP contribution in [0.15, 0.2) is 17.3 Å². The van der Waals surface area contributed by atoms with E-state index >= 15 is 0 Å². The highest BCUT2D eigenvalue weighted by molar-refractivity contribution is 5.76. The third kappa shape index (κ3) is 10.6. The molecule has 1 rings (SSSR count). The molecule has 1 aliphatic carbocycles. The number of carbonyl (C=O) groups excluding carboxylic acids is 1. The molecule has 0 radical (unpaired) electrons. The van der Waals surface area contributed by atoms with Gasteiger partial charge in [-0.25, -0.2) is 5.43 Å². The molecule has 22 heavy (non-hydrogen) atoms. The summed E-state index contributed by atoms with van der Waals surface area (Å²) < 4.78 is 0. The molecule has 126 valence electrons. The number of hydrogen-bond donors (Lipinski definition) is 1. The van der Waals surface area contributed by atoms with Crippen molar-refractivity contribution in [2.75, 3.05) is 0 Å². The lowest BCUT2D eigenvalue weighted by molar-refractivity contribution is -0.121. The van der Waals surface area contributed by atoms with Crippen molar-refractivity contribution in [1.82, 2.24) is 5.43 Å². The lowest BCUT2D eigenvalue weighted by Crippen LogP contribution is -2.18. The van der Waals surface area contributed by atoms with Crippen molar-refractivity contribution in [3.8, 4) is 0 Å². The summed E-state index contributed by atoms with van der Waals surface area (Å²) in [5.74, 6) is 0.559. The van der Waals surface area contributed by atoms with Crippen molar-refractivity contribution in [1.29, 1.82) is 0 Å². The SMILES string of the molecule is CCCCCCCCCCCC(=O)NN=CC1CC=CCC1. The van der Waals surface area contributed by atoms with E-state index in [1.807, 2.05) is 6.21 Å². The van der Waals surface area contributed by atoms with Crippen LogP contribution in [-0.4, -0.2) is 12.1 Å². The fraction of sp³-hybridized carbons (Fsp3) is 0.789. The van der Waals surface area contributed by atoms with E-state index in [2.05, 4.69) is 29.6 Å². The number of rotatable bonds is 12. The summed E-state index contributed by atoms with van der Waals surface area (Å²) in [6.45, 7) is 2.25. The summed E-state index contributed by atoms with van der Waals surface area (Å²) in [7, 11) is 0. The molecule has 0 spiro atoms. The number of hydrazone groups is 1. The molecular formula is C19H34N2O. The van der Waals surface area contributed by atoms with Crippen LogP contribution in [0.3, 0.4) is 0 Å². The molecule has 0 aliphatic heterocycles. The lowest BCUT2D eigenvalue weighted by atomic mass is 9.96. The molecule has 1 amide bonds. The van der Waals surface area contributed by atoms with Crippen LogP contribution < -0.4 is 5.43 Å². The van der Waals surface area contributed by atoms with Gasteiger partial charge in [-0.2, -0.15) is 5.10 Å². The topological polar surface area (TPSA) is 41.5 Å². The van der Waals surface area contributed by atoms with Crippen LogP contribution in [0, 0.1) is 5.92 Å². The zero-order valence-corrected chi connectivity index (χ0v) is 14.4. The van der Waals surface area contributed by atoms with Gasteiger partial charge in [-0.1, -0.05) is 70.4 Å². The van der Waals surface area contributed by atoms with Gasteiger partial charge < -0.3 is 0 Å². The minimum atomic E-state index is 0.0607. The first kappa shape index (κ1) is 18.9. The average molecular weight is 306 g/mol. The van der Waals surface area contributed by atoms with E-state index in [0.717, 1.165) is 25.7 Å². The second kappa shape index (κ2) is 13.5. The first-order valence-corrected chi connectivity index (χ1v) is 9.30. The Labute approximate surface area is 136 Å². The second-order valence-electron chi connectivity index (χ2n) is 6.44. The van der Waals surface area contributed by atoms with E-state index in [0.29, 0.717) is 12.3 Å². The van der Waals surface area contributed by atoms with Gasteiger partial charge in [0.05, 0.1) is 0 Å². The predicted octanol–water partition coefficient (Wildman–Crippen LogP) is 5.37. The molecule has 0 aromatic rings. The van der Waals surface area contributed by atoms with Crippen molar-refractivity contribution in [3.05, 3.63) is 12.2 Å². The van der Waals surface area contributed by atoms with E-state index in [4.69, 9.17) is 0 Å². The van der Waals surface area contributed by atoms with Crippen molar-refractivity contribution in [2.45, 2.75) is 90.4 Å². The second-order valence-corrected chi connectivity index (χ2v) is 6.44. The molecule has 0 heterocycles. The summed E-state index contributed by atoms with van der Waals surface area (Å²) in [6, 6.07) is 0.